The first kappa shape index (κ1) is 18.7. The molecule has 3 rings (SSSR count). The first-order valence-electron chi connectivity index (χ1n) is 7.95. The minimum atomic E-state index is -0.128. The third-order valence-corrected chi connectivity index (χ3v) is 5.19. The number of carbonyl (C=O) groups excluding carboxylic acids is 1. The van der Waals surface area contributed by atoms with E-state index in [-0.39, 0.29) is 5.91 Å². The number of carbonyl (C=O) groups is 1. The van der Waals surface area contributed by atoms with Crippen LogP contribution in [-0.2, 0) is 20.2 Å². The summed E-state index contributed by atoms with van der Waals surface area (Å²) in [4.78, 5) is 12.3. The highest BCUT2D eigenvalue weighted by atomic mass is 79.9. The molecule has 7 heteroatoms. The first-order valence-corrected chi connectivity index (χ1v) is 9.54. The molecule has 5 nitrogen and oxygen atoms in total. The number of halogens is 2. The number of aromatic nitrogens is 2. The van der Waals surface area contributed by atoms with Crippen LogP contribution in [-0.4, -0.2) is 15.7 Å². The number of amides is 1. The second kappa shape index (κ2) is 8.51. The van der Waals surface area contributed by atoms with Gasteiger partial charge >= 0.3 is 0 Å². The average Bonchev–Trinajstić information content (AvgIpc) is 2.97. The molecular weight excluding hydrogens is 462 g/mol. The van der Waals surface area contributed by atoms with Crippen molar-refractivity contribution in [2.75, 3.05) is 0 Å². The van der Waals surface area contributed by atoms with Crippen LogP contribution in [0.4, 0.5) is 0 Å². The van der Waals surface area contributed by atoms with Crippen molar-refractivity contribution >= 4 is 37.8 Å². The Morgan fingerprint density at radius 2 is 1.85 bits per heavy atom. The largest absolute Gasteiger partial charge is 0.488 e. The maximum Gasteiger partial charge on any atom is 0.251 e. The fourth-order valence-corrected chi connectivity index (χ4v) is 3.26. The molecule has 1 heterocycles. The van der Waals surface area contributed by atoms with E-state index in [9.17, 15) is 4.79 Å². The molecule has 0 fully saturated rings. The Kier molecular flexibility index (Phi) is 6.11. The van der Waals surface area contributed by atoms with Gasteiger partial charge in [0.25, 0.3) is 5.91 Å². The van der Waals surface area contributed by atoms with Gasteiger partial charge in [-0.2, -0.15) is 5.10 Å². The molecule has 0 bridgehead atoms. The van der Waals surface area contributed by atoms with E-state index in [1.165, 1.54) is 0 Å². The highest BCUT2D eigenvalue weighted by Crippen LogP contribution is 2.24. The third kappa shape index (κ3) is 4.53. The summed E-state index contributed by atoms with van der Waals surface area (Å²) in [6, 6.07) is 15.1. The van der Waals surface area contributed by atoms with Crippen molar-refractivity contribution in [2.45, 2.75) is 13.2 Å². The van der Waals surface area contributed by atoms with E-state index in [0.29, 0.717) is 18.7 Å². The smallest absolute Gasteiger partial charge is 0.251 e. The van der Waals surface area contributed by atoms with Crippen molar-refractivity contribution in [3.8, 4) is 5.75 Å². The lowest BCUT2D eigenvalue weighted by molar-refractivity contribution is 0.0950. The molecule has 3 aromatic rings. The van der Waals surface area contributed by atoms with Gasteiger partial charge in [-0.1, -0.05) is 24.3 Å². The Morgan fingerprint density at radius 1 is 1.12 bits per heavy atom. The van der Waals surface area contributed by atoms with Crippen LogP contribution in [0.1, 0.15) is 21.6 Å². The van der Waals surface area contributed by atoms with Gasteiger partial charge in [0.1, 0.15) is 12.4 Å². The van der Waals surface area contributed by atoms with Crippen LogP contribution in [0, 0.1) is 0 Å². The maximum absolute atomic E-state index is 12.3. The van der Waals surface area contributed by atoms with E-state index < -0.39 is 0 Å². The molecule has 0 atom stereocenters. The third-order valence-electron chi connectivity index (χ3n) is 3.87. The summed E-state index contributed by atoms with van der Waals surface area (Å²) in [5.41, 5.74) is 2.51. The number of nitrogens with zero attached hydrogens (tertiary/aromatic N) is 2. The van der Waals surface area contributed by atoms with Crippen molar-refractivity contribution in [3.63, 3.8) is 0 Å². The van der Waals surface area contributed by atoms with E-state index in [4.69, 9.17) is 4.74 Å². The molecule has 0 radical (unpaired) electrons. The number of hydrogen-bond acceptors (Lipinski definition) is 3. The lowest BCUT2D eigenvalue weighted by Crippen LogP contribution is -2.24. The highest BCUT2D eigenvalue weighted by molar-refractivity contribution is 9.10. The van der Waals surface area contributed by atoms with Crippen LogP contribution < -0.4 is 10.1 Å². The highest BCUT2D eigenvalue weighted by Gasteiger charge is 2.10. The second-order valence-electron chi connectivity index (χ2n) is 5.66. The summed E-state index contributed by atoms with van der Waals surface area (Å²) in [6.45, 7) is 0.843. The molecular formula is C19H17Br2N3O2. The van der Waals surface area contributed by atoms with E-state index >= 15 is 0 Å². The number of para-hydroxylation sites is 1. The van der Waals surface area contributed by atoms with Gasteiger partial charge < -0.3 is 10.1 Å². The molecule has 1 aromatic heterocycles. The number of aryl methyl sites for hydroxylation is 1. The zero-order valence-electron chi connectivity index (χ0n) is 14.1. The van der Waals surface area contributed by atoms with Gasteiger partial charge in [0.05, 0.1) is 27.4 Å². The Labute approximate surface area is 168 Å². The molecule has 0 unspecified atom stereocenters. The van der Waals surface area contributed by atoms with E-state index in [0.717, 1.165) is 26.0 Å². The number of benzene rings is 2. The van der Waals surface area contributed by atoms with Crippen LogP contribution in [0.3, 0.4) is 0 Å². The second-order valence-corrected chi connectivity index (χ2v) is 7.37. The number of ether oxygens (including phenoxy) is 1. The minimum absolute atomic E-state index is 0.128. The molecule has 0 saturated carbocycles. The average molecular weight is 479 g/mol. The summed E-state index contributed by atoms with van der Waals surface area (Å²) in [7, 11) is 1.84. The van der Waals surface area contributed by atoms with Crippen LogP contribution in [0.2, 0.25) is 0 Å². The van der Waals surface area contributed by atoms with Gasteiger partial charge in [-0.3, -0.25) is 9.48 Å². The maximum atomic E-state index is 12.3. The van der Waals surface area contributed by atoms with Crippen molar-refractivity contribution in [3.05, 3.63) is 80.5 Å². The van der Waals surface area contributed by atoms with Crippen LogP contribution >= 0.6 is 31.9 Å². The SMILES string of the molecule is Cn1ncc(Br)c1CNC(=O)c1ccc(COc2ccccc2Br)cc1. The van der Waals surface area contributed by atoms with Crippen LogP contribution in [0.5, 0.6) is 5.75 Å². The zero-order valence-corrected chi connectivity index (χ0v) is 17.2. The molecule has 0 aliphatic heterocycles. The van der Waals surface area contributed by atoms with Gasteiger partial charge in [-0.05, 0) is 61.7 Å². The number of nitrogens with one attached hydrogen (secondary N) is 1. The molecule has 26 heavy (non-hydrogen) atoms. The fraction of sp³-hybridized carbons (Fsp3) is 0.158. The quantitative estimate of drug-likeness (QED) is 0.569. The van der Waals surface area contributed by atoms with Crippen molar-refractivity contribution < 1.29 is 9.53 Å². The molecule has 1 amide bonds. The van der Waals surface area contributed by atoms with E-state index in [1.807, 2.05) is 43.4 Å². The lowest BCUT2D eigenvalue weighted by Gasteiger charge is -2.09. The van der Waals surface area contributed by atoms with Crippen LogP contribution in [0.25, 0.3) is 0 Å². The Bertz CT molecular complexity index is 888. The van der Waals surface area contributed by atoms with Gasteiger partial charge in [0.15, 0.2) is 0 Å². The van der Waals surface area contributed by atoms with Crippen molar-refractivity contribution in [1.82, 2.24) is 15.1 Å². The molecule has 0 saturated heterocycles. The standard InChI is InChI=1S/C19H17Br2N3O2/c1-24-17(16(21)10-23-24)11-22-19(25)14-8-6-13(7-9-14)12-26-18-5-3-2-4-15(18)20/h2-10H,11-12H2,1H3,(H,22,25). The molecule has 134 valence electrons. The monoisotopic (exact) mass is 477 g/mol. The van der Waals surface area contributed by atoms with Gasteiger partial charge in [-0.15, -0.1) is 0 Å². The molecule has 0 aliphatic rings. The summed E-state index contributed by atoms with van der Waals surface area (Å²) in [5.74, 6) is 0.660. The van der Waals surface area contributed by atoms with Crippen molar-refractivity contribution in [1.29, 1.82) is 0 Å². The minimum Gasteiger partial charge on any atom is -0.488 e. The summed E-state index contributed by atoms with van der Waals surface area (Å²) >= 11 is 6.88. The predicted molar refractivity (Wildman–Crippen MR) is 107 cm³/mol. The normalized spacial score (nSPS) is 10.6. The van der Waals surface area contributed by atoms with Gasteiger partial charge in [-0.25, -0.2) is 0 Å². The number of rotatable bonds is 6. The first-order chi connectivity index (χ1) is 12.5. The van der Waals surface area contributed by atoms with Gasteiger partial charge in [0, 0.05) is 12.6 Å². The Balaban J connectivity index is 1.57. The summed E-state index contributed by atoms with van der Waals surface area (Å²) < 4.78 is 9.30. The molecule has 0 aliphatic carbocycles. The summed E-state index contributed by atoms with van der Waals surface area (Å²) in [6.07, 6.45) is 1.71. The van der Waals surface area contributed by atoms with Crippen LogP contribution in [0.15, 0.2) is 63.7 Å². The van der Waals surface area contributed by atoms with Gasteiger partial charge in [0.2, 0.25) is 0 Å². The number of hydrogen-bond donors (Lipinski definition) is 1. The van der Waals surface area contributed by atoms with E-state index in [1.54, 1.807) is 23.0 Å². The van der Waals surface area contributed by atoms with Crippen molar-refractivity contribution in [2.24, 2.45) is 7.05 Å². The Hall–Kier alpha value is -2.12. The fourth-order valence-electron chi connectivity index (χ4n) is 2.38. The lowest BCUT2D eigenvalue weighted by atomic mass is 10.1. The predicted octanol–water partition coefficient (Wildman–Crippen LogP) is 4.45. The zero-order chi connectivity index (χ0) is 18.5. The Morgan fingerprint density at radius 3 is 2.50 bits per heavy atom. The molecule has 2 aromatic carbocycles. The molecule has 0 spiro atoms. The molecule has 1 N–H and O–H groups in total. The topological polar surface area (TPSA) is 56.2 Å². The van der Waals surface area contributed by atoms with E-state index in [2.05, 4.69) is 42.3 Å². The summed E-state index contributed by atoms with van der Waals surface area (Å²) in [5, 5.41) is 7.03.